The van der Waals surface area contributed by atoms with Crippen LogP contribution in [0.25, 0.3) is 0 Å². The van der Waals surface area contributed by atoms with Crippen molar-refractivity contribution in [1.29, 1.82) is 0 Å². The minimum atomic E-state index is -0.370. The summed E-state index contributed by atoms with van der Waals surface area (Å²) in [4.78, 5) is 0. The second-order valence-electron chi connectivity index (χ2n) is 2.07. The fourth-order valence-corrected chi connectivity index (χ4v) is 1.02. The second-order valence-corrected chi connectivity index (χ2v) is 2.33. The van der Waals surface area contributed by atoms with Crippen molar-refractivity contribution in [2.75, 3.05) is 7.11 Å². The zero-order valence-electron chi connectivity index (χ0n) is 6.10. The zero-order valence-corrected chi connectivity index (χ0v) is 6.86. The molecule has 1 rings (SSSR count). The highest BCUT2D eigenvalue weighted by Crippen LogP contribution is 2.20. The molecule has 0 fully saturated rings. The van der Waals surface area contributed by atoms with Crippen LogP contribution in [0.1, 0.15) is 5.56 Å². The smallest absolute Gasteiger partial charge is 0.169 e. The first-order valence-corrected chi connectivity index (χ1v) is 3.70. The van der Waals surface area contributed by atoms with Crippen molar-refractivity contribution in [3.8, 4) is 5.75 Å². The van der Waals surface area contributed by atoms with Gasteiger partial charge in [-0.2, -0.15) is 0 Å². The van der Waals surface area contributed by atoms with Crippen LogP contribution in [-0.4, -0.2) is 7.11 Å². The molecule has 1 nitrogen and oxygen atoms in total. The Labute approximate surface area is 69.7 Å². The summed E-state index contributed by atoms with van der Waals surface area (Å²) < 4.78 is 17.8. The molecule has 0 atom stereocenters. The lowest BCUT2D eigenvalue weighted by molar-refractivity contribution is 0.385. The summed E-state index contributed by atoms with van der Waals surface area (Å²) in [6.45, 7) is 0. The molecule has 0 bridgehead atoms. The first-order chi connectivity index (χ1) is 5.29. The normalized spacial score (nSPS) is 9.73. The number of alkyl halides is 1. The molecule has 60 valence electrons. The van der Waals surface area contributed by atoms with Crippen LogP contribution in [0.3, 0.4) is 0 Å². The molecular formula is C8H8ClFO. The van der Waals surface area contributed by atoms with Gasteiger partial charge in [-0.3, -0.25) is 0 Å². The van der Waals surface area contributed by atoms with Crippen molar-refractivity contribution in [1.82, 2.24) is 0 Å². The van der Waals surface area contributed by atoms with Crippen molar-refractivity contribution >= 4 is 11.6 Å². The van der Waals surface area contributed by atoms with E-state index >= 15 is 0 Å². The Balaban J connectivity index is 3.10. The van der Waals surface area contributed by atoms with Gasteiger partial charge in [-0.1, -0.05) is 12.1 Å². The summed E-state index contributed by atoms with van der Waals surface area (Å²) in [5.74, 6) is 0.0383. The number of hydrogen-bond acceptors (Lipinski definition) is 1. The Bertz CT molecular complexity index is 228. The van der Waals surface area contributed by atoms with Crippen molar-refractivity contribution in [3.63, 3.8) is 0 Å². The average molecular weight is 175 g/mol. The van der Waals surface area contributed by atoms with Crippen LogP contribution in [0.4, 0.5) is 4.39 Å². The quantitative estimate of drug-likeness (QED) is 0.627. The van der Waals surface area contributed by atoms with Crippen LogP contribution in [0.5, 0.6) is 5.75 Å². The standard InChI is InChI=1S/C8H8ClFO/c1-11-7-4-2-3-6(5-9)8(7)10/h2-4H,5H2,1H3. The Morgan fingerprint density at radius 3 is 2.82 bits per heavy atom. The maximum absolute atomic E-state index is 13.1. The number of benzene rings is 1. The second kappa shape index (κ2) is 3.58. The first kappa shape index (κ1) is 8.34. The third kappa shape index (κ3) is 1.63. The molecule has 0 N–H and O–H groups in total. The Morgan fingerprint density at radius 1 is 1.55 bits per heavy atom. The fraction of sp³-hybridized carbons (Fsp3) is 0.250. The molecule has 1 aromatic carbocycles. The van der Waals surface area contributed by atoms with Crippen molar-refractivity contribution < 1.29 is 9.13 Å². The van der Waals surface area contributed by atoms with Gasteiger partial charge >= 0.3 is 0 Å². The van der Waals surface area contributed by atoms with E-state index in [-0.39, 0.29) is 17.4 Å². The molecule has 0 unspecified atom stereocenters. The van der Waals surface area contributed by atoms with Crippen molar-refractivity contribution in [2.45, 2.75) is 5.88 Å². The number of methoxy groups -OCH3 is 1. The van der Waals surface area contributed by atoms with E-state index < -0.39 is 0 Å². The topological polar surface area (TPSA) is 9.23 Å². The van der Waals surface area contributed by atoms with Gasteiger partial charge in [0.2, 0.25) is 0 Å². The molecule has 0 aliphatic rings. The molecular weight excluding hydrogens is 167 g/mol. The molecule has 11 heavy (non-hydrogen) atoms. The number of hydrogen-bond donors (Lipinski definition) is 0. The molecule has 0 radical (unpaired) electrons. The van der Waals surface area contributed by atoms with Gasteiger partial charge in [-0.25, -0.2) is 4.39 Å². The Kier molecular flexibility index (Phi) is 2.71. The number of halogens is 2. The maximum Gasteiger partial charge on any atom is 0.169 e. The van der Waals surface area contributed by atoms with E-state index in [1.165, 1.54) is 7.11 Å². The highest BCUT2D eigenvalue weighted by Gasteiger charge is 2.05. The van der Waals surface area contributed by atoms with E-state index in [1.54, 1.807) is 18.2 Å². The summed E-state index contributed by atoms with van der Waals surface area (Å²) in [5.41, 5.74) is 0.464. The molecule has 1 aromatic rings. The predicted molar refractivity (Wildman–Crippen MR) is 42.5 cm³/mol. The van der Waals surface area contributed by atoms with Crippen LogP contribution < -0.4 is 4.74 Å². The number of ether oxygens (including phenoxy) is 1. The van der Waals surface area contributed by atoms with Gasteiger partial charge in [-0.15, -0.1) is 11.6 Å². The lowest BCUT2D eigenvalue weighted by Gasteiger charge is -2.03. The summed E-state index contributed by atoms with van der Waals surface area (Å²) in [7, 11) is 1.43. The molecule has 0 aromatic heterocycles. The monoisotopic (exact) mass is 174 g/mol. The largest absolute Gasteiger partial charge is 0.494 e. The van der Waals surface area contributed by atoms with Gasteiger partial charge in [0.05, 0.1) is 13.0 Å². The summed E-state index contributed by atoms with van der Waals surface area (Å²) in [6.07, 6.45) is 0. The molecule has 0 aliphatic carbocycles. The first-order valence-electron chi connectivity index (χ1n) is 3.17. The highest BCUT2D eigenvalue weighted by molar-refractivity contribution is 6.17. The summed E-state index contributed by atoms with van der Waals surface area (Å²) >= 11 is 5.47. The van der Waals surface area contributed by atoms with Gasteiger partial charge in [0, 0.05) is 5.56 Å². The predicted octanol–water partition coefficient (Wildman–Crippen LogP) is 2.57. The lowest BCUT2D eigenvalue weighted by atomic mass is 10.2. The van der Waals surface area contributed by atoms with Crippen LogP contribution in [0, 0.1) is 5.82 Å². The number of rotatable bonds is 2. The molecule has 0 spiro atoms. The molecule has 0 amide bonds. The van der Waals surface area contributed by atoms with E-state index in [2.05, 4.69) is 0 Å². The van der Waals surface area contributed by atoms with Gasteiger partial charge in [-0.05, 0) is 6.07 Å². The average Bonchev–Trinajstić information content (AvgIpc) is 2.05. The lowest BCUT2D eigenvalue weighted by Crippen LogP contribution is -1.91. The van der Waals surface area contributed by atoms with Gasteiger partial charge in [0.25, 0.3) is 0 Å². The third-order valence-corrected chi connectivity index (χ3v) is 1.70. The molecule has 0 saturated heterocycles. The molecule has 3 heteroatoms. The SMILES string of the molecule is COc1cccc(CCl)c1F. The van der Waals surface area contributed by atoms with Gasteiger partial charge in [0.1, 0.15) is 0 Å². The summed E-state index contributed by atoms with van der Waals surface area (Å²) in [5, 5.41) is 0. The van der Waals surface area contributed by atoms with Crippen molar-refractivity contribution in [2.24, 2.45) is 0 Å². The van der Waals surface area contributed by atoms with E-state index in [0.29, 0.717) is 5.56 Å². The third-order valence-electron chi connectivity index (χ3n) is 1.41. The molecule has 0 heterocycles. The summed E-state index contributed by atoms with van der Waals surface area (Å²) in [6, 6.07) is 4.90. The van der Waals surface area contributed by atoms with Crippen LogP contribution in [0.2, 0.25) is 0 Å². The van der Waals surface area contributed by atoms with E-state index in [4.69, 9.17) is 16.3 Å². The van der Waals surface area contributed by atoms with E-state index in [1.807, 2.05) is 0 Å². The Hall–Kier alpha value is -0.760. The van der Waals surface area contributed by atoms with Crippen LogP contribution in [0.15, 0.2) is 18.2 Å². The van der Waals surface area contributed by atoms with E-state index in [0.717, 1.165) is 0 Å². The fourth-order valence-electron chi connectivity index (χ4n) is 0.817. The highest BCUT2D eigenvalue weighted by atomic mass is 35.5. The minimum absolute atomic E-state index is 0.170. The zero-order chi connectivity index (χ0) is 8.27. The van der Waals surface area contributed by atoms with Crippen LogP contribution in [-0.2, 0) is 5.88 Å². The van der Waals surface area contributed by atoms with Crippen LogP contribution >= 0.6 is 11.6 Å². The van der Waals surface area contributed by atoms with Gasteiger partial charge < -0.3 is 4.74 Å². The molecule has 0 aliphatic heterocycles. The molecule has 0 saturated carbocycles. The van der Waals surface area contributed by atoms with Crippen molar-refractivity contribution in [3.05, 3.63) is 29.6 Å². The maximum atomic E-state index is 13.1. The van der Waals surface area contributed by atoms with E-state index in [9.17, 15) is 4.39 Å². The van der Waals surface area contributed by atoms with Gasteiger partial charge in [0.15, 0.2) is 11.6 Å². The Morgan fingerprint density at radius 2 is 2.27 bits per heavy atom. The minimum Gasteiger partial charge on any atom is -0.494 e.